The van der Waals surface area contributed by atoms with E-state index in [1.54, 1.807) is 24.3 Å². The van der Waals surface area contributed by atoms with Crippen molar-refractivity contribution in [2.45, 2.75) is 39.0 Å². The van der Waals surface area contributed by atoms with Gasteiger partial charge in [-0.1, -0.05) is 41.1 Å². The molecule has 31 heavy (non-hydrogen) atoms. The maximum atomic E-state index is 12.4. The molecule has 0 atom stereocenters. The van der Waals surface area contributed by atoms with Crippen LogP contribution in [-0.4, -0.2) is 32.3 Å². The van der Waals surface area contributed by atoms with Gasteiger partial charge in [-0.15, -0.1) is 10.2 Å². The van der Waals surface area contributed by atoms with E-state index < -0.39 is 0 Å². The first kappa shape index (κ1) is 22.8. The molecule has 0 unspecified atom stereocenters. The number of halogens is 1. The number of hydrogen-bond donors (Lipinski definition) is 2. The standard InChI is InChI=1S/C22H24ClN5O2S/c1-4-28-19(12-24-21(30)16-7-5-6-14(2)10-16)26-27-22(28)31-13-20(29)25-18-9-8-17(23)11-15(18)3/h5-11H,4,12-13H2,1-3H3,(H,24,30)(H,25,29). The summed E-state index contributed by atoms with van der Waals surface area (Å²) >= 11 is 7.26. The summed E-state index contributed by atoms with van der Waals surface area (Å²) < 4.78 is 1.89. The number of nitrogens with one attached hydrogen (secondary N) is 2. The summed E-state index contributed by atoms with van der Waals surface area (Å²) in [5.41, 5.74) is 3.25. The summed E-state index contributed by atoms with van der Waals surface area (Å²) in [6.45, 7) is 6.68. The van der Waals surface area contributed by atoms with Crippen LogP contribution in [0.4, 0.5) is 5.69 Å². The van der Waals surface area contributed by atoms with Crippen molar-refractivity contribution in [3.8, 4) is 0 Å². The Morgan fingerprint density at radius 2 is 1.94 bits per heavy atom. The maximum absolute atomic E-state index is 12.4. The number of carbonyl (C=O) groups excluding carboxylic acids is 2. The Balaban J connectivity index is 1.58. The zero-order valence-electron chi connectivity index (χ0n) is 17.6. The molecular formula is C22H24ClN5O2S. The lowest BCUT2D eigenvalue weighted by Crippen LogP contribution is -2.25. The highest BCUT2D eigenvalue weighted by atomic mass is 35.5. The number of hydrogen-bond acceptors (Lipinski definition) is 5. The molecular weight excluding hydrogens is 434 g/mol. The number of carbonyl (C=O) groups is 2. The summed E-state index contributed by atoms with van der Waals surface area (Å²) in [5, 5.41) is 15.4. The lowest BCUT2D eigenvalue weighted by molar-refractivity contribution is -0.113. The second-order valence-electron chi connectivity index (χ2n) is 6.99. The first-order valence-corrected chi connectivity index (χ1v) is 11.2. The Labute approximate surface area is 190 Å². The lowest BCUT2D eigenvalue weighted by Gasteiger charge is -2.10. The molecule has 162 valence electrons. The highest BCUT2D eigenvalue weighted by Crippen LogP contribution is 2.21. The van der Waals surface area contributed by atoms with Crippen LogP contribution in [0, 0.1) is 13.8 Å². The minimum absolute atomic E-state index is 0.143. The van der Waals surface area contributed by atoms with E-state index >= 15 is 0 Å². The van der Waals surface area contributed by atoms with Gasteiger partial charge in [0.25, 0.3) is 5.91 Å². The normalized spacial score (nSPS) is 10.7. The Morgan fingerprint density at radius 3 is 2.65 bits per heavy atom. The van der Waals surface area contributed by atoms with Crippen molar-refractivity contribution in [2.75, 3.05) is 11.1 Å². The van der Waals surface area contributed by atoms with E-state index in [1.165, 1.54) is 11.8 Å². The van der Waals surface area contributed by atoms with Crippen molar-refractivity contribution in [3.63, 3.8) is 0 Å². The molecule has 3 aromatic rings. The van der Waals surface area contributed by atoms with Crippen molar-refractivity contribution in [2.24, 2.45) is 0 Å². The van der Waals surface area contributed by atoms with E-state index in [9.17, 15) is 9.59 Å². The fourth-order valence-electron chi connectivity index (χ4n) is 3.01. The van der Waals surface area contributed by atoms with E-state index in [-0.39, 0.29) is 24.1 Å². The molecule has 0 saturated heterocycles. The van der Waals surface area contributed by atoms with Crippen molar-refractivity contribution < 1.29 is 9.59 Å². The largest absolute Gasteiger partial charge is 0.345 e. The van der Waals surface area contributed by atoms with Crippen LogP contribution >= 0.6 is 23.4 Å². The fourth-order valence-corrected chi connectivity index (χ4v) is 4.05. The molecule has 0 saturated carbocycles. The molecule has 2 N–H and O–H groups in total. The van der Waals surface area contributed by atoms with Gasteiger partial charge >= 0.3 is 0 Å². The molecule has 0 aliphatic heterocycles. The molecule has 0 bridgehead atoms. The van der Waals surface area contributed by atoms with Crippen molar-refractivity contribution in [1.29, 1.82) is 0 Å². The van der Waals surface area contributed by atoms with Gasteiger partial charge in [-0.25, -0.2) is 0 Å². The van der Waals surface area contributed by atoms with Gasteiger partial charge in [-0.05, 0) is 56.7 Å². The van der Waals surface area contributed by atoms with Gasteiger partial charge in [-0.2, -0.15) is 0 Å². The van der Waals surface area contributed by atoms with E-state index in [1.807, 2.05) is 43.5 Å². The van der Waals surface area contributed by atoms with Gasteiger partial charge in [0, 0.05) is 22.8 Å². The first-order valence-electron chi connectivity index (χ1n) is 9.83. The molecule has 0 aliphatic carbocycles. The third kappa shape index (κ3) is 6.08. The zero-order valence-corrected chi connectivity index (χ0v) is 19.2. The van der Waals surface area contributed by atoms with Gasteiger partial charge in [0.15, 0.2) is 11.0 Å². The summed E-state index contributed by atoms with van der Waals surface area (Å²) in [6, 6.07) is 12.7. The summed E-state index contributed by atoms with van der Waals surface area (Å²) in [6.07, 6.45) is 0. The molecule has 1 aromatic heterocycles. The molecule has 3 rings (SSSR count). The number of nitrogens with zero attached hydrogens (tertiary/aromatic N) is 3. The minimum atomic E-state index is -0.165. The number of thioether (sulfide) groups is 1. The van der Waals surface area contributed by atoms with Crippen LogP contribution in [0.3, 0.4) is 0 Å². The Bertz CT molecular complexity index is 1100. The average molecular weight is 458 g/mol. The Kier molecular flexibility index (Phi) is 7.70. The van der Waals surface area contributed by atoms with Crippen LogP contribution in [0.25, 0.3) is 0 Å². The lowest BCUT2D eigenvalue weighted by atomic mass is 10.1. The number of rotatable bonds is 8. The van der Waals surface area contributed by atoms with E-state index in [0.717, 1.165) is 16.8 Å². The molecule has 1 heterocycles. The predicted octanol–water partition coefficient (Wildman–Crippen LogP) is 4.23. The topological polar surface area (TPSA) is 88.9 Å². The van der Waals surface area contributed by atoms with E-state index in [0.29, 0.717) is 28.1 Å². The second kappa shape index (κ2) is 10.5. The van der Waals surface area contributed by atoms with E-state index in [2.05, 4.69) is 20.8 Å². The Morgan fingerprint density at radius 1 is 1.13 bits per heavy atom. The zero-order chi connectivity index (χ0) is 22.4. The van der Waals surface area contributed by atoms with Gasteiger partial charge in [-0.3, -0.25) is 9.59 Å². The van der Waals surface area contributed by atoms with Crippen LogP contribution < -0.4 is 10.6 Å². The monoisotopic (exact) mass is 457 g/mol. The number of aryl methyl sites for hydroxylation is 2. The highest BCUT2D eigenvalue weighted by Gasteiger charge is 2.15. The van der Waals surface area contributed by atoms with Crippen LogP contribution in [0.5, 0.6) is 0 Å². The number of aromatic nitrogens is 3. The van der Waals surface area contributed by atoms with Crippen LogP contribution in [0.2, 0.25) is 5.02 Å². The SMILES string of the molecule is CCn1c(CNC(=O)c2cccc(C)c2)nnc1SCC(=O)Nc1ccc(Cl)cc1C. The van der Waals surface area contributed by atoms with Gasteiger partial charge in [0.05, 0.1) is 12.3 Å². The fraction of sp³-hybridized carbons (Fsp3) is 0.273. The summed E-state index contributed by atoms with van der Waals surface area (Å²) in [4.78, 5) is 24.7. The number of amides is 2. The van der Waals surface area contributed by atoms with Crippen LogP contribution in [0.1, 0.15) is 34.2 Å². The molecule has 0 spiro atoms. The second-order valence-corrected chi connectivity index (χ2v) is 8.37. The van der Waals surface area contributed by atoms with Crippen LogP contribution in [-0.2, 0) is 17.9 Å². The summed E-state index contributed by atoms with van der Waals surface area (Å²) in [7, 11) is 0. The Hall–Kier alpha value is -2.84. The summed E-state index contributed by atoms with van der Waals surface area (Å²) in [5.74, 6) is 0.521. The van der Waals surface area contributed by atoms with Gasteiger partial charge < -0.3 is 15.2 Å². The minimum Gasteiger partial charge on any atom is -0.345 e. The maximum Gasteiger partial charge on any atom is 0.251 e. The highest BCUT2D eigenvalue weighted by molar-refractivity contribution is 7.99. The molecule has 0 aliphatic rings. The predicted molar refractivity (Wildman–Crippen MR) is 124 cm³/mol. The van der Waals surface area contributed by atoms with Crippen molar-refractivity contribution >= 4 is 40.9 Å². The first-order chi connectivity index (χ1) is 14.9. The van der Waals surface area contributed by atoms with E-state index in [4.69, 9.17) is 11.6 Å². The number of anilines is 1. The molecule has 0 fully saturated rings. The van der Waals surface area contributed by atoms with Crippen molar-refractivity contribution in [3.05, 3.63) is 70.0 Å². The molecule has 2 aromatic carbocycles. The number of benzene rings is 2. The van der Waals surface area contributed by atoms with Crippen molar-refractivity contribution in [1.82, 2.24) is 20.1 Å². The molecule has 7 nitrogen and oxygen atoms in total. The smallest absolute Gasteiger partial charge is 0.251 e. The third-order valence-corrected chi connectivity index (χ3v) is 5.79. The van der Waals surface area contributed by atoms with Crippen LogP contribution in [0.15, 0.2) is 47.6 Å². The van der Waals surface area contributed by atoms with Gasteiger partial charge in [0.2, 0.25) is 5.91 Å². The molecule has 9 heteroatoms. The average Bonchev–Trinajstić information content (AvgIpc) is 3.14. The van der Waals surface area contributed by atoms with Gasteiger partial charge in [0.1, 0.15) is 0 Å². The molecule has 2 amide bonds. The quantitative estimate of drug-likeness (QED) is 0.494. The molecule has 0 radical (unpaired) electrons. The third-order valence-electron chi connectivity index (χ3n) is 4.59.